The molecule has 0 atom stereocenters. The van der Waals surface area contributed by atoms with Crippen LogP contribution in [0.1, 0.15) is 17.5 Å². The van der Waals surface area contributed by atoms with Crippen molar-refractivity contribution in [1.82, 2.24) is 0 Å². The second kappa shape index (κ2) is 6.18. The second-order valence-electron chi connectivity index (χ2n) is 4.20. The van der Waals surface area contributed by atoms with Gasteiger partial charge in [0.15, 0.2) is 0 Å². The van der Waals surface area contributed by atoms with E-state index in [-0.39, 0.29) is 0 Å². The lowest BCUT2D eigenvalue weighted by molar-refractivity contribution is 0.121. The SMILES string of the molecule is [SiH3]OC(CCCl)(c1ccccc1)c1ccccc1. The summed E-state index contributed by atoms with van der Waals surface area (Å²) in [4.78, 5) is 0. The van der Waals surface area contributed by atoms with Crippen LogP contribution in [-0.2, 0) is 10.0 Å². The van der Waals surface area contributed by atoms with Crippen LogP contribution in [0.15, 0.2) is 60.7 Å². The Labute approximate surface area is 116 Å². The zero-order valence-electron chi connectivity index (χ0n) is 10.5. The Bertz CT molecular complexity index is 433. The topological polar surface area (TPSA) is 9.23 Å². The zero-order chi connectivity index (χ0) is 12.8. The molecule has 0 fully saturated rings. The van der Waals surface area contributed by atoms with E-state index in [1.165, 1.54) is 11.1 Å². The van der Waals surface area contributed by atoms with Gasteiger partial charge in [-0.05, 0) is 17.5 Å². The summed E-state index contributed by atoms with van der Waals surface area (Å²) in [6.45, 7) is 0. The molecule has 1 nitrogen and oxygen atoms in total. The van der Waals surface area contributed by atoms with Gasteiger partial charge in [-0.3, -0.25) is 0 Å². The predicted octanol–water partition coefficient (Wildman–Crippen LogP) is 2.86. The number of alkyl halides is 1. The smallest absolute Gasteiger partial charge is 0.147 e. The van der Waals surface area contributed by atoms with Gasteiger partial charge < -0.3 is 4.43 Å². The second-order valence-corrected chi connectivity index (χ2v) is 4.99. The molecule has 2 aromatic rings. The quantitative estimate of drug-likeness (QED) is 0.603. The molecule has 0 heterocycles. The van der Waals surface area contributed by atoms with Crippen molar-refractivity contribution < 1.29 is 4.43 Å². The Morgan fingerprint density at radius 2 is 1.33 bits per heavy atom. The van der Waals surface area contributed by atoms with Gasteiger partial charge in [0.1, 0.15) is 16.1 Å². The van der Waals surface area contributed by atoms with Crippen LogP contribution < -0.4 is 0 Å². The van der Waals surface area contributed by atoms with Gasteiger partial charge in [0.05, 0.1) is 0 Å². The molecule has 0 radical (unpaired) electrons. The fraction of sp³-hybridized carbons (Fsp3) is 0.200. The Kier molecular flexibility index (Phi) is 4.58. The molecule has 0 aliphatic carbocycles. The van der Waals surface area contributed by atoms with Crippen LogP contribution in [0.25, 0.3) is 0 Å². The van der Waals surface area contributed by atoms with Crippen LogP contribution in [0.3, 0.4) is 0 Å². The highest BCUT2D eigenvalue weighted by Crippen LogP contribution is 2.36. The molecule has 0 spiro atoms. The molecule has 0 saturated heterocycles. The molecule has 0 unspecified atom stereocenters. The molecule has 0 aliphatic heterocycles. The molecule has 94 valence electrons. The summed E-state index contributed by atoms with van der Waals surface area (Å²) in [5, 5.41) is 0. The van der Waals surface area contributed by atoms with Crippen molar-refractivity contribution in [3.05, 3.63) is 71.8 Å². The van der Waals surface area contributed by atoms with Crippen molar-refractivity contribution in [2.45, 2.75) is 12.0 Å². The van der Waals surface area contributed by atoms with E-state index in [1.807, 2.05) is 36.4 Å². The minimum Gasteiger partial charge on any atom is -0.414 e. The molecule has 2 rings (SSSR count). The molecule has 0 bridgehead atoms. The number of hydrogen-bond acceptors (Lipinski definition) is 1. The fourth-order valence-electron chi connectivity index (χ4n) is 2.34. The molecule has 3 heteroatoms. The maximum Gasteiger partial charge on any atom is 0.147 e. The average molecular weight is 277 g/mol. The standard InChI is InChI=1S/C15H17ClOSi/c16-12-11-15(17-18,13-7-3-1-4-8-13)14-9-5-2-6-10-14/h1-10H,11-12H2,18H3. The average Bonchev–Trinajstić information content (AvgIpc) is 2.47. The Hall–Kier alpha value is -1.09. The van der Waals surface area contributed by atoms with E-state index in [1.54, 1.807) is 0 Å². The summed E-state index contributed by atoms with van der Waals surface area (Å²) in [7, 11) is 0.671. The van der Waals surface area contributed by atoms with Crippen molar-refractivity contribution in [3.63, 3.8) is 0 Å². The highest BCUT2D eigenvalue weighted by Gasteiger charge is 2.32. The normalized spacial score (nSPS) is 11.6. The first-order chi connectivity index (χ1) is 8.83. The first-order valence-electron chi connectivity index (χ1n) is 6.05. The van der Waals surface area contributed by atoms with Crippen LogP contribution in [0.5, 0.6) is 0 Å². The minimum absolute atomic E-state index is 0.392. The van der Waals surface area contributed by atoms with E-state index in [0.29, 0.717) is 16.4 Å². The number of hydrogen-bond donors (Lipinski definition) is 0. The van der Waals surface area contributed by atoms with Crippen LogP contribution in [-0.4, -0.2) is 16.4 Å². The van der Waals surface area contributed by atoms with E-state index in [0.717, 1.165) is 6.42 Å². The van der Waals surface area contributed by atoms with Crippen molar-refractivity contribution in [3.8, 4) is 0 Å². The third-order valence-electron chi connectivity index (χ3n) is 3.28. The fourth-order valence-corrected chi connectivity index (χ4v) is 3.28. The van der Waals surface area contributed by atoms with Crippen molar-refractivity contribution in [2.75, 3.05) is 5.88 Å². The predicted molar refractivity (Wildman–Crippen MR) is 80.0 cm³/mol. The zero-order valence-corrected chi connectivity index (χ0v) is 13.2. The van der Waals surface area contributed by atoms with Gasteiger partial charge >= 0.3 is 0 Å². The van der Waals surface area contributed by atoms with Crippen LogP contribution in [0, 0.1) is 0 Å². The molecule has 0 aliphatic rings. The molecular weight excluding hydrogens is 260 g/mol. The summed E-state index contributed by atoms with van der Waals surface area (Å²) in [6.07, 6.45) is 0.784. The van der Waals surface area contributed by atoms with E-state index >= 15 is 0 Å². The van der Waals surface area contributed by atoms with E-state index in [4.69, 9.17) is 16.0 Å². The first-order valence-corrected chi connectivity index (χ1v) is 7.41. The summed E-state index contributed by atoms with van der Waals surface area (Å²) in [5.41, 5.74) is 1.95. The van der Waals surface area contributed by atoms with E-state index < -0.39 is 5.60 Å². The number of halogens is 1. The van der Waals surface area contributed by atoms with Gasteiger partial charge in [-0.1, -0.05) is 60.7 Å². The Balaban J connectivity index is 2.53. The maximum absolute atomic E-state index is 6.00. The highest BCUT2D eigenvalue weighted by molar-refractivity contribution is 6.17. The largest absolute Gasteiger partial charge is 0.414 e. The lowest BCUT2D eigenvalue weighted by Crippen LogP contribution is -2.31. The number of benzene rings is 2. The lowest BCUT2D eigenvalue weighted by Gasteiger charge is -2.34. The monoisotopic (exact) mass is 276 g/mol. The summed E-state index contributed by atoms with van der Waals surface area (Å²) >= 11 is 6.00. The van der Waals surface area contributed by atoms with Gasteiger partial charge in [0.25, 0.3) is 0 Å². The first kappa shape index (κ1) is 13.3. The van der Waals surface area contributed by atoms with Crippen LogP contribution in [0.4, 0.5) is 0 Å². The number of rotatable bonds is 5. The summed E-state index contributed by atoms with van der Waals surface area (Å²) in [5.74, 6) is 0.575. The summed E-state index contributed by atoms with van der Waals surface area (Å²) < 4.78 is 6.00. The van der Waals surface area contributed by atoms with Crippen molar-refractivity contribution >= 4 is 22.1 Å². The molecule has 0 amide bonds. The van der Waals surface area contributed by atoms with Crippen molar-refractivity contribution in [1.29, 1.82) is 0 Å². The molecule has 0 N–H and O–H groups in total. The Morgan fingerprint density at radius 3 is 1.67 bits per heavy atom. The van der Waals surface area contributed by atoms with Gasteiger partial charge in [-0.25, -0.2) is 0 Å². The molecule has 2 aromatic carbocycles. The molecule has 18 heavy (non-hydrogen) atoms. The summed E-state index contributed by atoms with van der Waals surface area (Å²) in [6, 6.07) is 20.6. The highest BCUT2D eigenvalue weighted by atomic mass is 35.5. The molecule has 0 saturated carbocycles. The van der Waals surface area contributed by atoms with Gasteiger partial charge in [-0.15, -0.1) is 11.6 Å². The molecule has 0 aromatic heterocycles. The third-order valence-corrected chi connectivity index (χ3v) is 4.16. The van der Waals surface area contributed by atoms with E-state index in [2.05, 4.69) is 24.3 Å². The third kappa shape index (κ3) is 2.51. The van der Waals surface area contributed by atoms with Gasteiger partial charge in [0.2, 0.25) is 0 Å². The van der Waals surface area contributed by atoms with Crippen LogP contribution in [0.2, 0.25) is 0 Å². The van der Waals surface area contributed by atoms with Crippen LogP contribution >= 0.6 is 11.6 Å². The van der Waals surface area contributed by atoms with Gasteiger partial charge in [0, 0.05) is 5.88 Å². The molecular formula is C15H17ClOSi. The Morgan fingerprint density at radius 1 is 0.889 bits per heavy atom. The van der Waals surface area contributed by atoms with E-state index in [9.17, 15) is 0 Å². The lowest BCUT2D eigenvalue weighted by atomic mass is 9.84. The van der Waals surface area contributed by atoms with Crippen molar-refractivity contribution in [2.24, 2.45) is 0 Å². The minimum atomic E-state index is -0.392. The van der Waals surface area contributed by atoms with Gasteiger partial charge in [-0.2, -0.15) is 0 Å². The maximum atomic E-state index is 6.00.